The minimum absolute atomic E-state index is 0.0188. The molecule has 6 nitrogen and oxygen atoms in total. The highest BCUT2D eigenvalue weighted by Crippen LogP contribution is 2.42. The zero-order valence-corrected chi connectivity index (χ0v) is 17.4. The van der Waals surface area contributed by atoms with E-state index in [1.54, 1.807) is 27.2 Å². The summed E-state index contributed by atoms with van der Waals surface area (Å²) in [5, 5.41) is 7.57. The van der Waals surface area contributed by atoms with Crippen molar-refractivity contribution in [1.29, 1.82) is 0 Å². The lowest BCUT2D eigenvalue weighted by atomic mass is 10.1. The van der Waals surface area contributed by atoms with E-state index in [0.29, 0.717) is 23.8 Å². The van der Waals surface area contributed by atoms with Crippen molar-refractivity contribution in [2.24, 2.45) is 0 Å². The van der Waals surface area contributed by atoms with Gasteiger partial charge in [-0.2, -0.15) is 18.3 Å². The highest BCUT2D eigenvalue weighted by atomic mass is 19.4. The van der Waals surface area contributed by atoms with Gasteiger partial charge in [0.1, 0.15) is 17.3 Å². The number of hydrogen-bond donors (Lipinski definition) is 1. The Hall–Kier alpha value is -2.42. The minimum atomic E-state index is -4.32. The zero-order chi connectivity index (χ0) is 21.5. The van der Waals surface area contributed by atoms with Crippen LogP contribution in [0.4, 0.5) is 19.0 Å². The standard InChI is InChI=1S/C21H27F3N4O2/c1-13-9-19(21(22,23)24)28-20(25-13)11-16(26-28)17-5-4-8-27(17)12-14-6-7-15(29-2)10-18(14)30-3/h6-7,10-11,13,17,19,25H,4-5,8-9,12H2,1-3H3/t13-,17+,19-/m1/s1. The van der Waals surface area contributed by atoms with Gasteiger partial charge in [-0.3, -0.25) is 4.90 Å². The fraction of sp³-hybridized carbons (Fsp3) is 0.571. The maximum atomic E-state index is 13.6. The Balaban J connectivity index is 1.59. The zero-order valence-electron chi connectivity index (χ0n) is 17.4. The highest BCUT2D eigenvalue weighted by Gasteiger charge is 2.46. The Morgan fingerprint density at radius 2 is 2.00 bits per heavy atom. The third kappa shape index (κ3) is 3.95. The molecule has 4 rings (SSSR count). The largest absolute Gasteiger partial charge is 0.497 e. The van der Waals surface area contributed by atoms with Crippen LogP contribution < -0.4 is 14.8 Å². The molecule has 1 fully saturated rings. The molecule has 1 N–H and O–H groups in total. The van der Waals surface area contributed by atoms with E-state index in [2.05, 4.69) is 15.3 Å². The summed E-state index contributed by atoms with van der Waals surface area (Å²) < 4.78 is 52.6. The SMILES string of the molecule is COc1ccc(CN2CCC[C@H]2c2cc3n(n2)[C@@H](C(F)(F)F)C[C@@H](C)N3)c(OC)c1. The Labute approximate surface area is 173 Å². The summed E-state index contributed by atoms with van der Waals surface area (Å²) in [7, 11) is 3.22. The Kier molecular flexibility index (Phi) is 5.57. The lowest BCUT2D eigenvalue weighted by molar-refractivity contribution is -0.173. The number of aromatic nitrogens is 2. The van der Waals surface area contributed by atoms with Crippen LogP contribution in [0.5, 0.6) is 11.5 Å². The summed E-state index contributed by atoms with van der Waals surface area (Å²) in [6, 6.07) is 5.61. The topological polar surface area (TPSA) is 51.5 Å². The molecule has 30 heavy (non-hydrogen) atoms. The molecule has 0 bridgehead atoms. The molecule has 164 valence electrons. The van der Waals surface area contributed by atoms with E-state index < -0.39 is 12.2 Å². The number of rotatable bonds is 5. The number of nitrogens with zero attached hydrogens (tertiary/aromatic N) is 3. The van der Waals surface area contributed by atoms with Crippen LogP contribution in [-0.2, 0) is 6.54 Å². The molecule has 0 aliphatic carbocycles. The van der Waals surface area contributed by atoms with Gasteiger partial charge in [-0.25, -0.2) is 4.68 Å². The van der Waals surface area contributed by atoms with Gasteiger partial charge in [-0.15, -0.1) is 0 Å². The number of benzene rings is 1. The summed E-state index contributed by atoms with van der Waals surface area (Å²) in [5.74, 6) is 1.89. The van der Waals surface area contributed by atoms with Crippen molar-refractivity contribution < 1.29 is 22.6 Å². The Morgan fingerprint density at radius 1 is 1.20 bits per heavy atom. The second-order valence-corrected chi connectivity index (χ2v) is 8.04. The van der Waals surface area contributed by atoms with Crippen molar-refractivity contribution in [3.63, 3.8) is 0 Å². The Morgan fingerprint density at radius 3 is 2.70 bits per heavy atom. The highest BCUT2D eigenvalue weighted by molar-refractivity contribution is 5.43. The molecule has 9 heteroatoms. The van der Waals surface area contributed by atoms with E-state index in [1.807, 2.05) is 18.2 Å². The third-order valence-corrected chi connectivity index (χ3v) is 5.97. The summed E-state index contributed by atoms with van der Waals surface area (Å²) in [4.78, 5) is 2.25. The molecule has 0 spiro atoms. The molecule has 2 aliphatic rings. The van der Waals surface area contributed by atoms with E-state index in [9.17, 15) is 13.2 Å². The van der Waals surface area contributed by atoms with Crippen LogP contribution in [-0.4, -0.2) is 47.7 Å². The first kappa shape index (κ1) is 20.8. The molecule has 1 saturated heterocycles. The molecule has 0 saturated carbocycles. The van der Waals surface area contributed by atoms with E-state index in [1.165, 1.54) is 0 Å². The average Bonchev–Trinajstić information content (AvgIpc) is 3.33. The van der Waals surface area contributed by atoms with Crippen LogP contribution >= 0.6 is 0 Å². The smallest absolute Gasteiger partial charge is 0.410 e. The molecule has 0 amide bonds. The first-order valence-electron chi connectivity index (χ1n) is 10.2. The third-order valence-electron chi connectivity index (χ3n) is 5.97. The van der Waals surface area contributed by atoms with Gasteiger partial charge in [0.05, 0.1) is 26.0 Å². The van der Waals surface area contributed by atoms with Gasteiger partial charge in [-0.05, 0) is 38.8 Å². The molecule has 2 aliphatic heterocycles. The minimum Gasteiger partial charge on any atom is -0.497 e. The molecule has 3 heterocycles. The molecule has 0 unspecified atom stereocenters. The lowest BCUT2D eigenvalue weighted by Gasteiger charge is -2.31. The fourth-order valence-corrected chi connectivity index (χ4v) is 4.49. The fourth-order valence-electron chi connectivity index (χ4n) is 4.49. The molecular formula is C21H27F3N4O2. The molecule has 0 radical (unpaired) electrons. The van der Waals surface area contributed by atoms with Gasteiger partial charge >= 0.3 is 6.18 Å². The van der Waals surface area contributed by atoms with Crippen molar-refractivity contribution in [3.05, 3.63) is 35.5 Å². The maximum absolute atomic E-state index is 13.6. The number of anilines is 1. The number of ether oxygens (including phenoxy) is 2. The van der Waals surface area contributed by atoms with Crippen molar-refractivity contribution in [2.45, 2.75) is 57.0 Å². The number of hydrogen-bond acceptors (Lipinski definition) is 5. The number of halogens is 3. The van der Waals surface area contributed by atoms with Crippen LogP contribution in [0, 0.1) is 0 Å². The van der Waals surface area contributed by atoms with E-state index >= 15 is 0 Å². The van der Waals surface area contributed by atoms with Gasteiger partial charge in [0.15, 0.2) is 6.04 Å². The lowest BCUT2D eigenvalue weighted by Crippen LogP contribution is -2.37. The molecule has 1 aromatic heterocycles. The number of fused-ring (bicyclic) bond motifs is 1. The average molecular weight is 424 g/mol. The van der Waals surface area contributed by atoms with Gasteiger partial charge in [0.2, 0.25) is 0 Å². The van der Waals surface area contributed by atoms with Crippen LogP contribution in [0.2, 0.25) is 0 Å². The summed E-state index contributed by atoms with van der Waals surface area (Å²) >= 11 is 0. The molecule has 1 aromatic carbocycles. The normalized spacial score (nSPS) is 24.4. The van der Waals surface area contributed by atoms with Crippen molar-refractivity contribution in [1.82, 2.24) is 14.7 Å². The summed E-state index contributed by atoms with van der Waals surface area (Å²) in [5.41, 5.74) is 1.69. The van der Waals surface area contributed by atoms with Crippen LogP contribution in [0.25, 0.3) is 0 Å². The van der Waals surface area contributed by atoms with E-state index in [-0.39, 0.29) is 18.5 Å². The van der Waals surface area contributed by atoms with Gasteiger partial charge in [0.25, 0.3) is 0 Å². The number of likely N-dealkylation sites (tertiary alicyclic amines) is 1. The predicted molar refractivity (Wildman–Crippen MR) is 107 cm³/mol. The van der Waals surface area contributed by atoms with Crippen LogP contribution in [0.3, 0.4) is 0 Å². The number of alkyl halides is 3. The van der Waals surface area contributed by atoms with Crippen LogP contribution in [0.15, 0.2) is 24.3 Å². The monoisotopic (exact) mass is 424 g/mol. The Bertz CT molecular complexity index is 899. The van der Waals surface area contributed by atoms with E-state index in [0.717, 1.165) is 35.4 Å². The summed E-state index contributed by atoms with van der Waals surface area (Å²) in [6.07, 6.45) is -2.51. The van der Waals surface area contributed by atoms with E-state index in [4.69, 9.17) is 9.47 Å². The van der Waals surface area contributed by atoms with Gasteiger partial charge < -0.3 is 14.8 Å². The molecular weight excluding hydrogens is 397 g/mol. The van der Waals surface area contributed by atoms with Crippen molar-refractivity contribution >= 4 is 5.82 Å². The van der Waals surface area contributed by atoms with Crippen molar-refractivity contribution in [3.8, 4) is 11.5 Å². The second-order valence-electron chi connectivity index (χ2n) is 8.04. The molecule has 3 atom stereocenters. The number of methoxy groups -OCH3 is 2. The summed E-state index contributed by atoms with van der Waals surface area (Å²) in [6.45, 7) is 3.26. The van der Waals surface area contributed by atoms with Gasteiger partial charge in [0, 0.05) is 30.3 Å². The van der Waals surface area contributed by atoms with Crippen LogP contribution in [0.1, 0.15) is 49.5 Å². The maximum Gasteiger partial charge on any atom is 0.410 e. The first-order valence-corrected chi connectivity index (χ1v) is 10.2. The predicted octanol–water partition coefficient (Wildman–Crippen LogP) is 4.54. The van der Waals surface area contributed by atoms with Crippen molar-refractivity contribution in [2.75, 3.05) is 26.1 Å². The number of nitrogens with one attached hydrogen (secondary N) is 1. The second kappa shape index (κ2) is 8.02. The quantitative estimate of drug-likeness (QED) is 0.764. The first-order chi connectivity index (χ1) is 14.3. The molecule has 2 aromatic rings. The van der Waals surface area contributed by atoms with Gasteiger partial charge in [-0.1, -0.05) is 6.07 Å².